The summed E-state index contributed by atoms with van der Waals surface area (Å²) in [5.41, 5.74) is 3.70. The molecule has 1 unspecified atom stereocenters. The molecule has 8 heteroatoms. The van der Waals surface area contributed by atoms with E-state index in [4.69, 9.17) is 0 Å². The summed E-state index contributed by atoms with van der Waals surface area (Å²) in [6.07, 6.45) is -0.193. The first-order chi connectivity index (χ1) is 14.0. The molecule has 2 heterocycles. The molecule has 2 aromatic heterocycles. The van der Waals surface area contributed by atoms with E-state index in [1.807, 2.05) is 42.6 Å². The number of aliphatic hydroxyl groups excluding tert-OH is 1. The van der Waals surface area contributed by atoms with Gasteiger partial charge in [0.2, 0.25) is 5.91 Å². The number of thioether (sulfide) groups is 1. The van der Waals surface area contributed by atoms with Crippen molar-refractivity contribution in [1.29, 1.82) is 5.26 Å². The van der Waals surface area contributed by atoms with E-state index in [1.54, 1.807) is 13.0 Å². The standard InChI is InChI=1S/C21H20N4O2S2/c1-13-8-16(9-14(2)26)17(10-22)20(23-13)28-12-19(27)25-21-24-18(11-29-21)15-6-4-3-5-7-15/h3-8,11,14,26H,9,12H2,1-2H3,(H,24,25,27). The lowest BCUT2D eigenvalue weighted by Crippen LogP contribution is -2.14. The molecule has 0 saturated carbocycles. The minimum Gasteiger partial charge on any atom is -0.393 e. The summed E-state index contributed by atoms with van der Waals surface area (Å²) in [6, 6.07) is 13.7. The molecule has 0 fully saturated rings. The van der Waals surface area contributed by atoms with Gasteiger partial charge in [0, 0.05) is 16.6 Å². The summed E-state index contributed by atoms with van der Waals surface area (Å²) >= 11 is 2.57. The molecule has 0 spiro atoms. The van der Waals surface area contributed by atoms with Crippen LogP contribution in [0.4, 0.5) is 5.13 Å². The lowest BCUT2D eigenvalue weighted by molar-refractivity contribution is -0.113. The summed E-state index contributed by atoms with van der Waals surface area (Å²) in [7, 11) is 0. The number of nitriles is 1. The van der Waals surface area contributed by atoms with Crippen molar-refractivity contribution in [1.82, 2.24) is 9.97 Å². The van der Waals surface area contributed by atoms with Crippen LogP contribution >= 0.6 is 23.1 Å². The first-order valence-electron chi connectivity index (χ1n) is 8.98. The van der Waals surface area contributed by atoms with Crippen LogP contribution in [0.5, 0.6) is 0 Å². The molecule has 0 bridgehead atoms. The second kappa shape index (κ2) is 9.65. The van der Waals surface area contributed by atoms with E-state index in [0.717, 1.165) is 22.5 Å². The highest BCUT2D eigenvalue weighted by atomic mass is 32.2. The number of hydrogen-bond acceptors (Lipinski definition) is 7. The van der Waals surface area contributed by atoms with E-state index >= 15 is 0 Å². The molecule has 6 nitrogen and oxygen atoms in total. The summed E-state index contributed by atoms with van der Waals surface area (Å²) in [6.45, 7) is 3.51. The molecule has 1 aromatic carbocycles. The maximum Gasteiger partial charge on any atom is 0.236 e. The molecule has 2 N–H and O–H groups in total. The molecule has 0 aliphatic rings. The number of aliphatic hydroxyl groups is 1. The zero-order chi connectivity index (χ0) is 20.8. The van der Waals surface area contributed by atoms with Crippen molar-refractivity contribution in [3.8, 4) is 17.3 Å². The Kier molecular flexibility index (Phi) is 6.99. The van der Waals surface area contributed by atoms with Crippen LogP contribution in [0.15, 0.2) is 46.8 Å². The number of aryl methyl sites for hydroxylation is 1. The predicted molar refractivity (Wildman–Crippen MR) is 116 cm³/mol. The van der Waals surface area contributed by atoms with Gasteiger partial charge in [-0.05, 0) is 31.9 Å². The van der Waals surface area contributed by atoms with E-state index in [1.165, 1.54) is 23.1 Å². The van der Waals surface area contributed by atoms with Gasteiger partial charge in [0.25, 0.3) is 0 Å². The third kappa shape index (κ3) is 5.64. The van der Waals surface area contributed by atoms with Gasteiger partial charge in [0.1, 0.15) is 11.1 Å². The fourth-order valence-corrected chi connectivity index (χ4v) is 4.38. The second-order valence-electron chi connectivity index (χ2n) is 6.51. The number of hydrogen-bond donors (Lipinski definition) is 2. The Morgan fingerprint density at radius 2 is 2.10 bits per heavy atom. The number of amides is 1. The van der Waals surface area contributed by atoms with Gasteiger partial charge in [-0.1, -0.05) is 42.1 Å². The van der Waals surface area contributed by atoms with Crippen LogP contribution in [-0.2, 0) is 11.2 Å². The molecular formula is C21H20N4O2S2. The number of nitrogens with zero attached hydrogens (tertiary/aromatic N) is 3. The first kappa shape index (κ1) is 21.0. The van der Waals surface area contributed by atoms with Gasteiger partial charge in [-0.2, -0.15) is 5.26 Å². The molecule has 0 aliphatic heterocycles. The Hall–Kier alpha value is -2.73. The maximum absolute atomic E-state index is 12.4. The minimum atomic E-state index is -0.561. The third-order valence-electron chi connectivity index (χ3n) is 3.98. The van der Waals surface area contributed by atoms with Crippen LogP contribution in [-0.4, -0.2) is 32.8 Å². The number of aromatic nitrogens is 2. The highest BCUT2D eigenvalue weighted by Crippen LogP contribution is 2.27. The fourth-order valence-electron chi connectivity index (χ4n) is 2.78. The Balaban J connectivity index is 1.66. The average molecular weight is 425 g/mol. The number of thiazole rings is 1. The predicted octanol–water partition coefficient (Wildman–Crippen LogP) is 4.04. The highest BCUT2D eigenvalue weighted by molar-refractivity contribution is 8.00. The zero-order valence-corrected chi connectivity index (χ0v) is 17.7. The van der Waals surface area contributed by atoms with E-state index in [2.05, 4.69) is 21.4 Å². The van der Waals surface area contributed by atoms with Crippen molar-refractivity contribution in [2.75, 3.05) is 11.1 Å². The summed E-state index contributed by atoms with van der Waals surface area (Å²) in [4.78, 5) is 21.2. The first-order valence-corrected chi connectivity index (χ1v) is 10.8. The van der Waals surface area contributed by atoms with Gasteiger partial charge < -0.3 is 10.4 Å². The van der Waals surface area contributed by atoms with Crippen LogP contribution in [0.2, 0.25) is 0 Å². The Morgan fingerprint density at radius 3 is 2.79 bits per heavy atom. The molecule has 0 saturated heterocycles. The van der Waals surface area contributed by atoms with Crippen molar-refractivity contribution >= 4 is 34.1 Å². The topological polar surface area (TPSA) is 98.9 Å². The molecule has 1 atom stereocenters. The number of benzene rings is 1. The Labute approximate surface area is 177 Å². The molecule has 0 aliphatic carbocycles. The fraction of sp³-hybridized carbons (Fsp3) is 0.238. The molecule has 3 aromatic rings. The molecule has 0 radical (unpaired) electrons. The van der Waals surface area contributed by atoms with Crippen LogP contribution in [0, 0.1) is 18.3 Å². The third-order valence-corrected chi connectivity index (χ3v) is 5.72. The lowest BCUT2D eigenvalue weighted by atomic mass is 10.0. The van der Waals surface area contributed by atoms with Crippen LogP contribution in [0.3, 0.4) is 0 Å². The highest BCUT2D eigenvalue weighted by Gasteiger charge is 2.15. The smallest absolute Gasteiger partial charge is 0.236 e. The average Bonchev–Trinajstić information content (AvgIpc) is 3.15. The summed E-state index contributed by atoms with van der Waals surface area (Å²) in [5.74, 6) is -0.104. The minimum absolute atomic E-state index is 0.111. The van der Waals surface area contributed by atoms with E-state index in [9.17, 15) is 15.2 Å². The van der Waals surface area contributed by atoms with Crippen molar-refractivity contribution in [2.45, 2.75) is 31.4 Å². The van der Waals surface area contributed by atoms with Crippen molar-refractivity contribution in [2.24, 2.45) is 0 Å². The van der Waals surface area contributed by atoms with Gasteiger partial charge in [-0.15, -0.1) is 11.3 Å². The monoisotopic (exact) mass is 424 g/mol. The Bertz CT molecular complexity index is 1040. The molecule has 148 valence electrons. The van der Waals surface area contributed by atoms with E-state index in [-0.39, 0.29) is 11.7 Å². The van der Waals surface area contributed by atoms with Crippen molar-refractivity contribution < 1.29 is 9.90 Å². The summed E-state index contributed by atoms with van der Waals surface area (Å²) in [5, 5.41) is 24.9. The van der Waals surface area contributed by atoms with Gasteiger partial charge in [0.15, 0.2) is 5.13 Å². The molecule has 29 heavy (non-hydrogen) atoms. The summed E-state index contributed by atoms with van der Waals surface area (Å²) < 4.78 is 0. The van der Waals surface area contributed by atoms with Gasteiger partial charge >= 0.3 is 0 Å². The van der Waals surface area contributed by atoms with Crippen LogP contribution in [0.1, 0.15) is 23.7 Å². The van der Waals surface area contributed by atoms with Crippen molar-refractivity contribution in [3.05, 3.63) is 58.6 Å². The normalized spacial score (nSPS) is 11.7. The van der Waals surface area contributed by atoms with E-state index < -0.39 is 6.10 Å². The Morgan fingerprint density at radius 1 is 1.34 bits per heavy atom. The van der Waals surface area contributed by atoms with E-state index in [0.29, 0.717) is 22.1 Å². The SMILES string of the molecule is Cc1cc(CC(C)O)c(C#N)c(SCC(=O)Nc2nc(-c3ccccc3)cs2)n1. The number of pyridine rings is 1. The largest absolute Gasteiger partial charge is 0.393 e. The maximum atomic E-state index is 12.4. The molecular weight excluding hydrogens is 404 g/mol. The molecule has 3 rings (SSSR count). The number of nitrogens with one attached hydrogen (secondary N) is 1. The number of anilines is 1. The zero-order valence-electron chi connectivity index (χ0n) is 16.0. The lowest BCUT2D eigenvalue weighted by Gasteiger charge is -2.11. The number of rotatable bonds is 7. The second-order valence-corrected chi connectivity index (χ2v) is 8.33. The van der Waals surface area contributed by atoms with Crippen LogP contribution < -0.4 is 5.32 Å². The van der Waals surface area contributed by atoms with Gasteiger partial charge in [0.05, 0.1) is 23.1 Å². The number of carbonyl (C=O) groups excluding carboxylic acids is 1. The van der Waals surface area contributed by atoms with Gasteiger partial charge in [-0.3, -0.25) is 4.79 Å². The number of carbonyl (C=O) groups is 1. The van der Waals surface area contributed by atoms with Crippen molar-refractivity contribution in [3.63, 3.8) is 0 Å². The molecule has 1 amide bonds. The quantitative estimate of drug-likeness (QED) is 0.556. The van der Waals surface area contributed by atoms with Gasteiger partial charge in [-0.25, -0.2) is 9.97 Å². The van der Waals surface area contributed by atoms with Crippen LogP contribution in [0.25, 0.3) is 11.3 Å².